The second kappa shape index (κ2) is 9.51. The summed E-state index contributed by atoms with van der Waals surface area (Å²) >= 11 is 6.11. The number of rotatable bonds is 7. The van der Waals surface area contributed by atoms with Crippen molar-refractivity contribution < 1.29 is 27.5 Å². The van der Waals surface area contributed by atoms with Gasteiger partial charge in [-0.05, 0) is 30.5 Å². The van der Waals surface area contributed by atoms with Gasteiger partial charge in [-0.1, -0.05) is 25.4 Å². The number of imide groups is 1. The fourth-order valence-electron chi connectivity index (χ4n) is 3.41. The van der Waals surface area contributed by atoms with Gasteiger partial charge in [0.2, 0.25) is 15.9 Å². The van der Waals surface area contributed by atoms with Crippen molar-refractivity contribution in [3.8, 4) is 0 Å². The number of carbonyl (C=O) groups is 3. The van der Waals surface area contributed by atoms with Crippen molar-refractivity contribution in [2.24, 2.45) is 5.92 Å². The van der Waals surface area contributed by atoms with E-state index in [9.17, 15) is 22.8 Å². The smallest absolute Gasteiger partial charge is 0.325 e. The molecule has 4 amide bonds. The molecule has 31 heavy (non-hydrogen) atoms. The number of sulfonamides is 1. The van der Waals surface area contributed by atoms with E-state index in [4.69, 9.17) is 16.3 Å². The molecular weight excluding hydrogens is 448 g/mol. The van der Waals surface area contributed by atoms with Crippen molar-refractivity contribution >= 4 is 45.2 Å². The highest BCUT2D eigenvalue weighted by Crippen LogP contribution is 2.28. The molecule has 12 heteroatoms. The van der Waals surface area contributed by atoms with Crippen LogP contribution in [0.2, 0.25) is 5.02 Å². The monoisotopic (exact) mass is 472 g/mol. The molecule has 0 aliphatic carbocycles. The van der Waals surface area contributed by atoms with E-state index < -0.39 is 40.5 Å². The first-order valence-electron chi connectivity index (χ1n) is 9.88. The van der Waals surface area contributed by atoms with Gasteiger partial charge in [-0.25, -0.2) is 13.2 Å². The van der Waals surface area contributed by atoms with Crippen LogP contribution in [0, 0.1) is 5.92 Å². The summed E-state index contributed by atoms with van der Waals surface area (Å²) in [6.07, 6.45) is 0.475. The van der Waals surface area contributed by atoms with Crippen LogP contribution in [0.25, 0.3) is 0 Å². The molecular formula is C19H25ClN4O6S. The quantitative estimate of drug-likeness (QED) is 0.575. The first-order chi connectivity index (χ1) is 14.6. The molecule has 0 radical (unpaired) electrons. The summed E-state index contributed by atoms with van der Waals surface area (Å²) in [5.41, 5.74) is 0.187. The van der Waals surface area contributed by atoms with Gasteiger partial charge in [0.1, 0.15) is 17.5 Å². The lowest BCUT2D eigenvalue weighted by molar-refractivity contribution is -0.131. The Morgan fingerprint density at radius 1 is 1.29 bits per heavy atom. The van der Waals surface area contributed by atoms with Crippen LogP contribution in [0.5, 0.6) is 0 Å². The van der Waals surface area contributed by atoms with E-state index in [2.05, 4.69) is 10.6 Å². The van der Waals surface area contributed by atoms with Crippen LogP contribution >= 0.6 is 11.6 Å². The number of halogens is 1. The van der Waals surface area contributed by atoms with E-state index in [1.165, 1.54) is 22.5 Å². The van der Waals surface area contributed by atoms with Gasteiger partial charge in [0, 0.05) is 18.8 Å². The zero-order chi connectivity index (χ0) is 22.8. The summed E-state index contributed by atoms with van der Waals surface area (Å²) in [5, 5.41) is 5.12. The van der Waals surface area contributed by atoms with E-state index in [1.807, 2.05) is 13.8 Å². The summed E-state index contributed by atoms with van der Waals surface area (Å²) in [6, 6.07) is 2.81. The van der Waals surface area contributed by atoms with Crippen molar-refractivity contribution in [2.75, 3.05) is 38.2 Å². The van der Waals surface area contributed by atoms with Crippen molar-refractivity contribution in [3.63, 3.8) is 0 Å². The van der Waals surface area contributed by atoms with Crippen LogP contribution in [-0.4, -0.2) is 74.4 Å². The average Bonchev–Trinajstić information content (AvgIpc) is 2.96. The molecule has 2 aliphatic rings. The van der Waals surface area contributed by atoms with Crippen LogP contribution < -0.4 is 10.6 Å². The predicted molar refractivity (Wildman–Crippen MR) is 113 cm³/mol. The normalized spacial score (nSPS) is 20.3. The van der Waals surface area contributed by atoms with Gasteiger partial charge in [0.05, 0.1) is 18.2 Å². The van der Waals surface area contributed by atoms with Gasteiger partial charge in [-0.3, -0.25) is 14.5 Å². The van der Waals surface area contributed by atoms with Crippen LogP contribution in [0.3, 0.4) is 0 Å². The van der Waals surface area contributed by atoms with E-state index in [-0.39, 0.29) is 47.8 Å². The molecule has 0 spiro atoms. The van der Waals surface area contributed by atoms with Gasteiger partial charge in [-0.2, -0.15) is 4.31 Å². The Labute approximate surface area is 185 Å². The maximum atomic E-state index is 12.9. The fourth-order valence-corrected chi connectivity index (χ4v) is 5.32. The number of hydrogen-bond donors (Lipinski definition) is 2. The van der Waals surface area contributed by atoms with Crippen molar-refractivity contribution in [1.29, 1.82) is 0 Å². The minimum Gasteiger partial charge on any atom is -0.379 e. The second-order valence-corrected chi connectivity index (χ2v) is 10.1. The van der Waals surface area contributed by atoms with Gasteiger partial charge in [0.25, 0.3) is 5.91 Å². The lowest BCUT2D eigenvalue weighted by Gasteiger charge is -2.26. The number of amides is 4. The summed E-state index contributed by atoms with van der Waals surface area (Å²) < 4.78 is 32.3. The zero-order valence-electron chi connectivity index (χ0n) is 17.3. The fraction of sp³-hybridized carbons (Fsp3) is 0.526. The Hall–Kier alpha value is -2.21. The topological polar surface area (TPSA) is 125 Å². The summed E-state index contributed by atoms with van der Waals surface area (Å²) in [4.78, 5) is 37.6. The molecule has 1 unspecified atom stereocenters. The molecule has 0 saturated carbocycles. The highest BCUT2D eigenvalue weighted by atomic mass is 35.5. The molecule has 2 saturated heterocycles. The third-order valence-electron chi connectivity index (χ3n) is 4.92. The molecule has 1 atom stereocenters. The number of ether oxygens (including phenoxy) is 1. The number of hydrogen-bond acceptors (Lipinski definition) is 6. The minimum absolute atomic E-state index is 0.0233. The number of morpholine rings is 1. The molecule has 1 aromatic rings. The van der Waals surface area contributed by atoms with Crippen molar-refractivity contribution in [2.45, 2.75) is 31.2 Å². The molecule has 2 heterocycles. The van der Waals surface area contributed by atoms with Crippen LogP contribution in [0.4, 0.5) is 10.5 Å². The van der Waals surface area contributed by atoms with Crippen LogP contribution in [0.1, 0.15) is 20.3 Å². The van der Waals surface area contributed by atoms with Gasteiger partial charge >= 0.3 is 6.03 Å². The predicted octanol–water partition coefficient (Wildman–Crippen LogP) is 1.27. The third kappa shape index (κ3) is 5.35. The maximum Gasteiger partial charge on any atom is 0.325 e. The lowest BCUT2D eigenvalue weighted by atomic mass is 10.0. The molecule has 10 nitrogen and oxygen atoms in total. The summed E-state index contributed by atoms with van der Waals surface area (Å²) in [7, 11) is -3.87. The molecule has 2 aliphatic heterocycles. The van der Waals surface area contributed by atoms with E-state index in [0.29, 0.717) is 6.42 Å². The standard InChI is InChI=1S/C19H25ClN4O6S/c1-12(2)9-15-18(26)24(19(27)22-15)11-17(25)21-13-3-4-14(20)16(10-13)31(28,29)23-5-7-30-8-6-23/h3-4,10,12,15H,5-9,11H2,1-2H3,(H,21,25)(H,22,27). The number of urea groups is 1. The van der Waals surface area contributed by atoms with E-state index in [1.54, 1.807) is 0 Å². The zero-order valence-corrected chi connectivity index (χ0v) is 18.8. The first kappa shape index (κ1) is 23.5. The second-order valence-electron chi connectivity index (χ2n) is 7.77. The largest absolute Gasteiger partial charge is 0.379 e. The minimum atomic E-state index is -3.87. The number of benzene rings is 1. The van der Waals surface area contributed by atoms with Crippen LogP contribution in [-0.2, 0) is 24.3 Å². The summed E-state index contributed by atoms with van der Waals surface area (Å²) in [6.45, 7) is 4.37. The van der Waals surface area contributed by atoms with Crippen molar-refractivity contribution in [3.05, 3.63) is 23.2 Å². The number of nitrogens with one attached hydrogen (secondary N) is 2. The Kier molecular flexibility index (Phi) is 7.20. The number of carbonyl (C=O) groups excluding carboxylic acids is 3. The molecule has 3 rings (SSSR count). The van der Waals surface area contributed by atoms with E-state index in [0.717, 1.165) is 4.90 Å². The molecule has 170 valence electrons. The van der Waals surface area contributed by atoms with E-state index >= 15 is 0 Å². The SMILES string of the molecule is CC(C)CC1NC(=O)N(CC(=O)Nc2ccc(Cl)c(S(=O)(=O)N3CCOCC3)c2)C1=O. The van der Waals surface area contributed by atoms with Gasteiger partial charge in [-0.15, -0.1) is 0 Å². The molecule has 2 N–H and O–H groups in total. The van der Waals surface area contributed by atoms with Crippen molar-refractivity contribution in [1.82, 2.24) is 14.5 Å². The number of nitrogens with zero attached hydrogens (tertiary/aromatic N) is 2. The van der Waals surface area contributed by atoms with Gasteiger partial charge in [0.15, 0.2) is 0 Å². The molecule has 0 aromatic heterocycles. The maximum absolute atomic E-state index is 12.9. The number of anilines is 1. The average molecular weight is 473 g/mol. The van der Waals surface area contributed by atoms with Gasteiger partial charge < -0.3 is 15.4 Å². The Morgan fingerprint density at radius 2 is 1.97 bits per heavy atom. The molecule has 1 aromatic carbocycles. The lowest BCUT2D eigenvalue weighted by Crippen LogP contribution is -2.40. The van der Waals surface area contributed by atoms with Crippen LogP contribution in [0.15, 0.2) is 23.1 Å². The Bertz CT molecular complexity index is 978. The Balaban J connectivity index is 1.70. The Morgan fingerprint density at radius 3 is 2.61 bits per heavy atom. The highest BCUT2D eigenvalue weighted by Gasteiger charge is 2.39. The first-order valence-corrected chi connectivity index (χ1v) is 11.7. The third-order valence-corrected chi connectivity index (χ3v) is 7.30. The molecule has 2 fully saturated rings. The molecule has 0 bridgehead atoms. The summed E-state index contributed by atoms with van der Waals surface area (Å²) in [5.74, 6) is -0.893. The highest BCUT2D eigenvalue weighted by molar-refractivity contribution is 7.89.